The molecule has 4 aliphatic rings. The molecule has 6 heteroatoms. The molecule has 0 radical (unpaired) electrons. The van der Waals surface area contributed by atoms with Crippen molar-refractivity contribution in [2.45, 2.75) is 64.8 Å². The van der Waals surface area contributed by atoms with Crippen LogP contribution >= 0.6 is 0 Å². The Labute approximate surface area is 161 Å². The van der Waals surface area contributed by atoms with Crippen LogP contribution in [0.3, 0.4) is 0 Å². The molecule has 0 saturated heterocycles. The zero-order valence-corrected chi connectivity index (χ0v) is 16.8. The number of aromatic nitrogens is 2. The van der Waals surface area contributed by atoms with Crippen molar-refractivity contribution >= 4 is 11.8 Å². The second kappa shape index (κ2) is 6.95. The minimum absolute atomic E-state index is 0.0310. The van der Waals surface area contributed by atoms with E-state index >= 15 is 0 Å². The molecular formula is C21H32N4O2. The summed E-state index contributed by atoms with van der Waals surface area (Å²) in [6.07, 6.45) is 9.32. The topological polar surface area (TPSA) is 76.0 Å². The fraction of sp³-hybridized carbons (Fsp3) is 0.762. The summed E-state index contributed by atoms with van der Waals surface area (Å²) in [6, 6.07) is -0.0787. The van der Waals surface area contributed by atoms with Crippen molar-refractivity contribution in [1.29, 1.82) is 0 Å². The Hall–Kier alpha value is -1.85. The van der Waals surface area contributed by atoms with E-state index in [0.717, 1.165) is 48.3 Å². The monoisotopic (exact) mass is 372 g/mol. The van der Waals surface area contributed by atoms with Gasteiger partial charge in [0.15, 0.2) is 0 Å². The van der Waals surface area contributed by atoms with Gasteiger partial charge in [0, 0.05) is 36.7 Å². The summed E-state index contributed by atoms with van der Waals surface area (Å²) < 4.78 is 1.81. The number of aryl methyl sites for hydroxylation is 1. The van der Waals surface area contributed by atoms with Crippen molar-refractivity contribution in [3.05, 3.63) is 17.5 Å². The molecule has 1 atom stereocenters. The van der Waals surface area contributed by atoms with Crippen LogP contribution in [-0.2, 0) is 16.6 Å². The van der Waals surface area contributed by atoms with Gasteiger partial charge in [0.2, 0.25) is 11.8 Å². The second-order valence-corrected chi connectivity index (χ2v) is 9.30. The van der Waals surface area contributed by atoms with Gasteiger partial charge in [-0.15, -0.1) is 0 Å². The lowest BCUT2D eigenvalue weighted by Gasteiger charge is -2.55. The lowest BCUT2D eigenvalue weighted by atomic mass is 9.49. The summed E-state index contributed by atoms with van der Waals surface area (Å²) in [7, 11) is 1.90. The van der Waals surface area contributed by atoms with Crippen LogP contribution in [0, 0.1) is 30.1 Å². The van der Waals surface area contributed by atoms with Gasteiger partial charge >= 0.3 is 0 Å². The van der Waals surface area contributed by atoms with E-state index in [0.29, 0.717) is 13.0 Å². The average molecular weight is 373 g/mol. The van der Waals surface area contributed by atoms with E-state index in [9.17, 15) is 9.59 Å². The highest BCUT2D eigenvalue weighted by Crippen LogP contribution is 2.60. The number of rotatable bonds is 6. The van der Waals surface area contributed by atoms with Gasteiger partial charge in [-0.3, -0.25) is 14.3 Å². The van der Waals surface area contributed by atoms with Gasteiger partial charge in [-0.05, 0) is 70.1 Å². The number of hydrogen-bond acceptors (Lipinski definition) is 3. The molecule has 27 heavy (non-hydrogen) atoms. The van der Waals surface area contributed by atoms with Gasteiger partial charge in [-0.2, -0.15) is 5.10 Å². The van der Waals surface area contributed by atoms with Crippen LogP contribution in [0.15, 0.2) is 6.20 Å². The molecule has 2 N–H and O–H groups in total. The summed E-state index contributed by atoms with van der Waals surface area (Å²) in [5, 5.41) is 10.3. The third kappa shape index (κ3) is 3.50. The van der Waals surface area contributed by atoms with Crippen LogP contribution in [0.1, 0.15) is 69.2 Å². The third-order valence-electron chi connectivity index (χ3n) is 7.27. The average Bonchev–Trinajstić information content (AvgIpc) is 2.93. The van der Waals surface area contributed by atoms with Crippen molar-refractivity contribution < 1.29 is 9.59 Å². The molecule has 0 aromatic carbocycles. The summed E-state index contributed by atoms with van der Waals surface area (Å²) in [5.41, 5.74) is 1.95. The van der Waals surface area contributed by atoms with E-state index in [4.69, 9.17) is 0 Å². The number of amides is 2. The molecule has 4 fully saturated rings. The number of nitrogens with zero attached hydrogens (tertiary/aromatic N) is 2. The third-order valence-corrected chi connectivity index (χ3v) is 7.27. The molecular weight excluding hydrogens is 340 g/mol. The summed E-state index contributed by atoms with van der Waals surface area (Å²) >= 11 is 0. The van der Waals surface area contributed by atoms with Gasteiger partial charge in [0.05, 0.1) is 12.2 Å². The second-order valence-electron chi connectivity index (χ2n) is 9.30. The highest BCUT2D eigenvalue weighted by atomic mass is 16.2. The maximum atomic E-state index is 12.9. The van der Waals surface area contributed by atoms with E-state index in [1.807, 2.05) is 25.6 Å². The van der Waals surface area contributed by atoms with E-state index in [1.165, 1.54) is 19.3 Å². The molecule has 5 rings (SSSR count). The molecule has 6 nitrogen and oxygen atoms in total. The molecule has 148 valence electrons. The molecule has 1 aromatic heterocycles. The van der Waals surface area contributed by atoms with E-state index in [-0.39, 0.29) is 23.3 Å². The highest BCUT2D eigenvalue weighted by Gasteiger charge is 2.54. The normalized spacial score (nSPS) is 32.3. The molecule has 0 aliphatic heterocycles. The maximum Gasteiger partial charge on any atom is 0.226 e. The van der Waals surface area contributed by atoms with Crippen molar-refractivity contribution in [3.8, 4) is 0 Å². The lowest BCUT2D eigenvalue weighted by Crippen LogP contribution is -2.53. The Kier molecular flexibility index (Phi) is 4.77. The minimum atomic E-state index is -0.134. The number of nitrogens with one attached hydrogen (secondary N) is 2. The smallest absolute Gasteiger partial charge is 0.226 e. The fourth-order valence-electron chi connectivity index (χ4n) is 6.20. The molecule has 4 bridgehead atoms. The first-order chi connectivity index (χ1) is 12.9. The summed E-state index contributed by atoms with van der Waals surface area (Å²) in [6.45, 7) is 4.39. The number of carbonyl (C=O) groups excluding carboxylic acids is 2. The van der Waals surface area contributed by atoms with Gasteiger partial charge in [0.1, 0.15) is 0 Å². The van der Waals surface area contributed by atoms with Crippen molar-refractivity contribution in [1.82, 2.24) is 20.4 Å². The van der Waals surface area contributed by atoms with Crippen LogP contribution in [0.2, 0.25) is 0 Å². The Morgan fingerprint density at radius 3 is 2.33 bits per heavy atom. The molecule has 1 aromatic rings. The first kappa shape index (κ1) is 18.5. The van der Waals surface area contributed by atoms with Gasteiger partial charge in [-0.1, -0.05) is 0 Å². The zero-order chi connectivity index (χ0) is 19.2. The molecule has 2 amide bonds. The highest BCUT2D eigenvalue weighted by molar-refractivity contribution is 5.84. The van der Waals surface area contributed by atoms with Crippen molar-refractivity contribution in [2.75, 3.05) is 6.54 Å². The molecule has 0 unspecified atom stereocenters. The van der Waals surface area contributed by atoms with Crippen LogP contribution in [0.25, 0.3) is 0 Å². The Morgan fingerprint density at radius 2 is 1.81 bits per heavy atom. The summed E-state index contributed by atoms with van der Waals surface area (Å²) in [5.74, 6) is 2.44. The first-order valence-corrected chi connectivity index (χ1v) is 10.4. The SMILES string of the molecule is Cc1c([C@@H](C)NC(=O)CCNC(=O)C23CC4CC(CC(C4)C2)C3)cnn1C. The van der Waals surface area contributed by atoms with Gasteiger partial charge < -0.3 is 10.6 Å². The van der Waals surface area contributed by atoms with E-state index in [2.05, 4.69) is 15.7 Å². The Bertz CT molecular complexity index is 703. The van der Waals surface area contributed by atoms with Gasteiger partial charge in [0.25, 0.3) is 0 Å². The molecule has 4 aliphatic carbocycles. The molecule has 4 saturated carbocycles. The number of carbonyl (C=O) groups is 2. The van der Waals surface area contributed by atoms with Crippen molar-refractivity contribution in [2.24, 2.45) is 30.2 Å². The van der Waals surface area contributed by atoms with E-state index < -0.39 is 0 Å². The van der Waals surface area contributed by atoms with Crippen LogP contribution < -0.4 is 10.6 Å². The van der Waals surface area contributed by atoms with Crippen molar-refractivity contribution in [3.63, 3.8) is 0 Å². The standard InChI is InChI=1S/C21H32N4O2/c1-13(18-12-23-25(3)14(18)2)24-19(26)4-5-22-20(27)21-9-15-6-16(10-21)8-17(7-15)11-21/h12-13,15-17H,4-11H2,1-3H3,(H,22,27)(H,24,26)/t13-,15?,16?,17?,21?/m1/s1. The van der Waals surface area contributed by atoms with Crippen LogP contribution in [-0.4, -0.2) is 28.1 Å². The Balaban J connectivity index is 1.25. The predicted octanol–water partition coefficient (Wildman–Crippen LogP) is 2.63. The Morgan fingerprint density at radius 1 is 1.22 bits per heavy atom. The summed E-state index contributed by atoms with van der Waals surface area (Å²) in [4.78, 5) is 25.2. The largest absolute Gasteiger partial charge is 0.355 e. The number of hydrogen-bond donors (Lipinski definition) is 2. The first-order valence-electron chi connectivity index (χ1n) is 10.4. The minimum Gasteiger partial charge on any atom is -0.355 e. The maximum absolute atomic E-state index is 12.9. The molecule has 0 spiro atoms. The fourth-order valence-corrected chi connectivity index (χ4v) is 6.20. The van der Waals surface area contributed by atoms with Crippen LogP contribution in [0.4, 0.5) is 0 Å². The zero-order valence-electron chi connectivity index (χ0n) is 16.8. The molecule has 1 heterocycles. The lowest BCUT2D eigenvalue weighted by molar-refractivity contribution is -0.146. The quantitative estimate of drug-likeness (QED) is 0.806. The van der Waals surface area contributed by atoms with Crippen LogP contribution in [0.5, 0.6) is 0 Å². The predicted molar refractivity (Wildman–Crippen MR) is 103 cm³/mol. The van der Waals surface area contributed by atoms with Gasteiger partial charge in [-0.25, -0.2) is 0 Å². The van der Waals surface area contributed by atoms with E-state index in [1.54, 1.807) is 6.20 Å².